The Morgan fingerprint density at radius 1 is 1.30 bits per heavy atom. The van der Waals surface area contributed by atoms with E-state index in [4.69, 9.17) is 9.15 Å². The number of anilines is 2. The van der Waals surface area contributed by atoms with Crippen LogP contribution in [0.5, 0.6) is 5.75 Å². The Balaban J connectivity index is 1.79. The molecule has 0 aliphatic heterocycles. The molecular formula is C19H20N4O4. The maximum atomic E-state index is 12.4. The number of carbonyl (C=O) groups is 1. The molecule has 0 saturated heterocycles. The Bertz CT molecular complexity index is 980. The molecule has 0 aliphatic carbocycles. The van der Waals surface area contributed by atoms with Crippen molar-refractivity contribution >= 4 is 17.3 Å². The summed E-state index contributed by atoms with van der Waals surface area (Å²) in [6.07, 6.45) is 3.03. The quantitative estimate of drug-likeness (QED) is 0.665. The zero-order valence-corrected chi connectivity index (χ0v) is 15.1. The normalized spacial score (nSPS) is 10.4. The third kappa shape index (κ3) is 4.35. The van der Waals surface area contributed by atoms with Gasteiger partial charge < -0.3 is 19.8 Å². The lowest BCUT2D eigenvalue weighted by atomic mass is 10.2. The van der Waals surface area contributed by atoms with E-state index in [0.29, 0.717) is 35.9 Å². The van der Waals surface area contributed by atoms with Crippen LogP contribution < -0.4 is 20.9 Å². The molecule has 0 atom stereocenters. The number of hydrogen-bond donors (Lipinski definition) is 2. The third-order valence-corrected chi connectivity index (χ3v) is 3.80. The van der Waals surface area contributed by atoms with E-state index in [-0.39, 0.29) is 17.2 Å². The van der Waals surface area contributed by atoms with Crippen molar-refractivity contribution < 1.29 is 13.9 Å². The van der Waals surface area contributed by atoms with Gasteiger partial charge in [0.15, 0.2) is 11.4 Å². The fraction of sp³-hybridized carbons (Fsp3) is 0.211. The fourth-order valence-electron chi connectivity index (χ4n) is 2.47. The van der Waals surface area contributed by atoms with Crippen molar-refractivity contribution in [2.24, 2.45) is 7.05 Å². The summed E-state index contributed by atoms with van der Waals surface area (Å²) < 4.78 is 11.9. The molecule has 0 aliphatic rings. The smallest absolute Gasteiger partial charge is 0.294 e. The van der Waals surface area contributed by atoms with Crippen LogP contribution in [-0.2, 0) is 13.6 Å². The van der Waals surface area contributed by atoms with Crippen molar-refractivity contribution in [3.63, 3.8) is 0 Å². The Kier molecular flexibility index (Phi) is 5.55. The van der Waals surface area contributed by atoms with Crippen molar-refractivity contribution in [3.8, 4) is 5.75 Å². The van der Waals surface area contributed by atoms with Gasteiger partial charge in [0.1, 0.15) is 5.76 Å². The van der Waals surface area contributed by atoms with Crippen molar-refractivity contribution in [1.82, 2.24) is 15.1 Å². The number of aryl methyl sites for hydroxylation is 1. The minimum absolute atomic E-state index is 0.247. The number of nitrogens with one attached hydrogen (secondary N) is 2. The number of carbonyl (C=O) groups excluding carboxylic acids is 1. The first-order valence-corrected chi connectivity index (χ1v) is 8.45. The predicted octanol–water partition coefficient (Wildman–Crippen LogP) is 2.45. The summed E-state index contributed by atoms with van der Waals surface area (Å²) in [7, 11) is 1.56. The second-order valence-electron chi connectivity index (χ2n) is 5.71. The van der Waals surface area contributed by atoms with Crippen LogP contribution in [0, 0.1) is 0 Å². The first-order valence-electron chi connectivity index (χ1n) is 8.45. The van der Waals surface area contributed by atoms with Gasteiger partial charge in [0.05, 0.1) is 25.6 Å². The van der Waals surface area contributed by atoms with E-state index >= 15 is 0 Å². The molecule has 0 bridgehead atoms. The minimum Gasteiger partial charge on any atom is -0.490 e. The van der Waals surface area contributed by atoms with Crippen LogP contribution in [0.15, 0.2) is 58.1 Å². The summed E-state index contributed by atoms with van der Waals surface area (Å²) in [6.45, 7) is 2.52. The number of ether oxygens (including phenoxy) is 1. The molecule has 1 aromatic carbocycles. The highest BCUT2D eigenvalue weighted by molar-refractivity contribution is 5.95. The lowest BCUT2D eigenvalue weighted by molar-refractivity contribution is 0.0948. The minimum atomic E-state index is -0.325. The molecule has 2 aromatic heterocycles. The Morgan fingerprint density at radius 3 is 2.89 bits per heavy atom. The average molecular weight is 368 g/mol. The highest BCUT2D eigenvalue weighted by Crippen LogP contribution is 2.23. The molecule has 3 rings (SSSR count). The number of aromatic nitrogens is 2. The van der Waals surface area contributed by atoms with Gasteiger partial charge in [-0.05, 0) is 37.3 Å². The Labute approximate surface area is 155 Å². The molecule has 0 unspecified atom stereocenters. The molecule has 0 radical (unpaired) electrons. The molecule has 8 heteroatoms. The zero-order chi connectivity index (χ0) is 19.2. The van der Waals surface area contributed by atoms with Crippen molar-refractivity contribution in [2.75, 3.05) is 11.9 Å². The molecule has 8 nitrogen and oxygen atoms in total. The summed E-state index contributed by atoms with van der Waals surface area (Å²) in [5.74, 6) is 0.773. The maximum Gasteiger partial charge on any atom is 0.294 e. The lowest BCUT2D eigenvalue weighted by Gasteiger charge is -2.13. The van der Waals surface area contributed by atoms with Gasteiger partial charge in [-0.3, -0.25) is 9.59 Å². The van der Waals surface area contributed by atoms with Crippen LogP contribution in [0.3, 0.4) is 0 Å². The molecule has 2 heterocycles. The molecule has 0 spiro atoms. The van der Waals surface area contributed by atoms with Crippen LogP contribution in [0.2, 0.25) is 0 Å². The van der Waals surface area contributed by atoms with E-state index in [1.54, 1.807) is 49.7 Å². The summed E-state index contributed by atoms with van der Waals surface area (Å²) in [6, 6.07) is 10.4. The van der Waals surface area contributed by atoms with E-state index in [0.717, 1.165) is 0 Å². The summed E-state index contributed by atoms with van der Waals surface area (Å²) in [4.78, 5) is 24.7. The highest BCUT2D eigenvalue weighted by Gasteiger charge is 2.13. The molecule has 27 heavy (non-hydrogen) atoms. The second kappa shape index (κ2) is 8.22. The van der Waals surface area contributed by atoms with Crippen LogP contribution in [0.4, 0.5) is 11.4 Å². The summed E-state index contributed by atoms with van der Waals surface area (Å²) in [5.41, 5.74) is 0.983. The van der Waals surface area contributed by atoms with Crippen LogP contribution in [0.25, 0.3) is 0 Å². The van der Waals surface area contributed by atoms with Gasteiger partial charge in [-0.2, -0.15) is 5.10 Å². The van der Waals surface area contributed by atoms with Gasteiger partial charge >= 0.3 is 0 Å². The van der Waals surface area contributed by atoms with E-state index in [9.17, 15) is 9.59 Å². The maximum absolute atomic E-state index is 12.4. The largest absolute Gasteiger partial charge is 0.490 e. The number of rotatable bonds is 7. The van der Waals surface area contributed by atoms with Crippen LogP contribution >= 0.6 is 0 Å². The van der Waals surface area contributed by atoms with E-state index in [2.05, 4.69) is 15.7 Å². The summed E-state index contributed by atoms with van der Waals surface area (Å²) in [5, 5.41) is 9.78. The number of hydrogen-bond acceptors (Lipinski definition) is 6. The van der Waals surface area contributed by atoms with Crippen molar-refractivity contribution in [2.45, 2.75) is 13.5 Å². The fourth-order valence-corrected chi connectivity index (χ4v) is 2.47. The second-order valence-corrected chi connectivity index (χ2v) is 5.71. The van der Waals surface area contributed by atoms with E-state index in [1.807, 2.05) is 6.92 Å². The van der Waals surface area contributed by atoms with E-state index < -0.39 is 0 Å². The van der Waals surface area contributed by atoms with Gasteiger partial charge in [-0.25, -0.2) is 4.68 Å². The van der Waals surface area contributed by atoms with Crippen molar-refractivity contribution in [1.29, 1.82) is 0 Å². The standard InChI is InChI=1S/C19H20N4O4/c1-3-26-16-12-21-23(2)19(25)17(16)22-14-7-4-6-13(10-14)18(24)20-11-15-8-5-9-27-15/h4-10,12,22H,3,11H2,1-2H3,(H,20,24). The first-order chi connectivity index (χ1) is 13.1. The summed E-state index contributed by atoms with van der Waals surface area (Å²) >= 11 is 0. The molecule has 1 amide bonds. The molecular weight excluding hydrogens is 348 g/mol. The van der Waals surface area contributed by atoms with Gasteiger partial charge in [-0.1, -0.05) is 6.07 Å². The first kappa shape index (κ1) is 18.2. The Morgan fingerprint density at radius 2 is 2.15 bits per heavy atom. The third-order valence-electron chi connectivity index (χ3n) is 3.80. The monoisotopic (exact) mass is 368 g/mol. The van der Waals surface area contributed by atoms with E-state index in [1.165, 1.54) is 10.9 Å². The van der Waals surface area contributed by atoms with Crippen molar-refractivity contribution in [3.05, 3.63) is 70.5 Å². The number of amides is 1. The highest BCUT2D eigenvalue weighted by atomic mass is 16.5. The topological polar surface area (TPSA) is 98.4 Å². The molecule has 0 saturated carbocycles. The number of benzene rings is 1. The molecule has 0 fully saturated rings. The van der Waals surface area contributed by atoms with Crippen LogP contribution in [-0.4, -0.2) is 22.3 Å². The molecule has 2 N–H and O–H groups in total. The number of nitrogens with zero attached hydrogens (tertiary/aromatic N) is 2. The average Bonchev–Trinajstić information content (AvgIpc) is 3.19. The van der Waals surface area contributed by atoms with Gasteiger partial charge in [0.25, 0.3) is 11.5 Å². The van der Waals surface area contributed by atoms with Gasteiger partial charge in [-0.15, -0.1) is 0 Å². The Hall–Kier alpha value is -3.55. The lowest BCUT2D eigenvalue weighted by Crippen LogP contribution is -2.24. The van der Waals surface area contributed by atoms with Crippen LogP contribution in [0.1, 0.15) is 23.0 Å². The molecule has 3 aromatic rings. The van der Waals surface area contributed by atoms with Gasteiger partial charge in [0.2, 0.25) is 0 Å². The van der Waals surface area contributed by atoms with Gasteiger partial charge in [0, 0.05) is 18.3 Å². The zero-order valence-electron chi connectivity index (χ0n) is 15.1. The predicted molar refractivity (Wildman–Crippen MR) is 100 cm³/mol. The SMILES string of the molecule is CCOc1cnn(C)c(=O)c1Nc1cccc(C(=O)NCc2ccco2)c1. The molecule has 140 valence electrons. The number of furan rings is 1.